The molecule has 0 bridgehead atoms. The van der Waals surface area contributed by atoms with Gasteiger partial charge in [0.05, 0.1) is 17.9 Å². The zero-order valence-corrected chi connectivity index (χ0v) is 11.0. The Hall–Kier alpha value is -1.15. The number of carboxylic acid groups (broad SMARTS) is 1. The molecule has 0 aliphatic heterocycles. The Kier molecular flexibility index (Phi) is 4.88. The van der Waals surface area contributed by atoms with E-state index < -0.39 is 15.8 Å². The van der Waals surface area contributed by atoms with Gasteiger partial charge in [0.15, 0.2) is 5.13 Å². The molecule has 1 aromatic heterocycles. The monoisotopic (exact) mass is 278 g/mol. The second-order valence-corrected chi connectivity index (χ2v) is 6.74. The summed E-state index contributed by atoms with van der Waals surface area (Å²) in [4.78, 5) is 14.5. The van der Waals surface area contributed by atoms with Gasteiger partial charge in [-0.1, -0.05) is 0 Å². The Morgan fingerprint density at radius 3 is 2.88 bits per heavy atom. The minimum absolute atomic E-state index is 0.0957. The molecule has 0 radical (unpaired) electrons. The van der Waals surface area contributed by atoms with Crippen molar-refractivity contribution in [3.63, 3.8) is 0 Å². The Labute approximate surface area is 104 Å². The summed E-state index contributed by atoms with van der Waals surface area (Å²) in [5, 5.41) is 13.8. The number of anilines is 1. The van der Waals surface area contributed by atoms with Gasteiger partial charge < -0.3 is 10.4 Å². The molecule has 0 amide bonds. The molecule has 0 saturated heterocycles. The Morgan fingerprint density at radius 2 is 2.29 bits per heavy atom. The highest BCUT2D eigenvalue weighted by molar-refractivity contribution is 7.90. The highest BCUT2D eigenvalue weighted by atomic mass is 32.2. The maximum atomic E-state index is 10.9. The summed E-state index contributed by atoms with van der Waals surface area (Å²) in [7, 11) is -2.92. The number of nitrogens with one attached hydrogen (secondary N) is 1. The molecule has 1 heterocycles. The summed E-state index contributed by atoms with van der Waals surface area (Å²) in [6.07, 6.45) is 1.61. The molecule has 1 aromatic rings. The number of aliphatic carboxylic acids is 1. The van der Waals surface area contributed by atoms with Crippen molar-refractivity contribution in [2.24, 2.45) is 0 Å². The summed E-state index contributed by atoms with van der Waals surface area (Å²) in [6, 6.07) is 0. The van der Waals surface area contributed by atoms with Crippen molar-refractivity contribution in [1.82, 2.24) is 4.98 Å². The van der Waals surface area contributed by atoms with Crippen LogP contribution in [0.15, 0.2) is 5.38 Å². The van der Waals surface area contributed by atoms with Crippen molar-refractivity contribution < 1.29 is 18.3 Å². The van der Waals surface area contributed by atoms with Crippen LogP contribution in [0.3, 0.4) is 0 Å². The van der Waals surface area contributed by atoms with Gasteiger partial charge >= 0.3 is 5.97 Å². The number of nitrogens with zero attached hydrogens (tertiary/aromatic N) is 1. The molecule has 8 heteroatoms. The smallest absolute Gasteiger partial charge is 0.309 e. The predicted molar refractivity (Wildman–Crippen MR) is 66.3 cm³/mol. The maximum absolute atomic E-state index is 10.9. The van der Waals surface area contributed by atoms with Crippen molar-refractivity contribution in [3.05, 3.63) is 11.1 Å². The number of carbonyl (C=O) groups is 1. The lowest BCUT2D eigenvalue weighted by atomic mass is 10.3. The number of hydrogen-bond acceptors (Lipinski definition) is 6. The van der Waals surface area contributed by atoms with Crippen LogP contribution in [0, 0.1) is 0 Å². The summed E-state index contributed by atoms with van der Waals surface area (Å²) < 4.78 is 21.7. The lowest BCUT2D eigenvalue weighted by molar-refractivity contribution is -0.136. The molecular formula is C9H14N2O4S2. The summed E-state index contributed by atoms with van der Waals surface area (Å²) >= 11 is 1.31. The van der Waals surface area contributed by atoms with Gasteiger partial charge in [0.1, 0.15) is 9.84 Å². The van der Waals surface area contributed by atoms with Crippen molar-refractivity contribution in [2.75, 3.05) is 23.9 Å². The van der Waals surface area contributed by atoms with Crippen LogP contribution in [-0.4, -0.2) is 43.0 Å². The van der Waals surface area contributed by atoms with Gasteiger partial charge in [0.25, 0.3) is 0 Å². The lowest BCUT2D eigenvalue weighted by Gasteiger charge is -2.01. The van der Waals surface area contributed by atoms with Crippen LogP contribution in [0.4, 0.5) is 5.13 Å². The van der Waals surface area contributed by atoms with Crippen molar-refractivity contribution in [3.8, 4) is 0 Å². The number of carboxylic acids is 1. The molecule has 0 fully saturated rings. The van der Waals surface area contributed by atoms with Crippen LogP contribution in [0.5, 0.6) is 0 Å². The number of sulfone groups is 1. The molecule has 17 heavy (non-hydrogen) atoms. The van der Waals surface area contributed by atoms with E-state index in [4.69, 9.17) is 5.11 Å². The number of rotatable bonds is 7. The summed E-state index contributed by atoms with van der Waals surface area (Å²) in [5.74, 6) is -0.785. The SMILES string of the molecule is CS(=O)(=O)CCCNc1nc(CC(=O)O)cs1. The van der Waals surface area contributed by atoms with Gasteiger partial charge in [-0.3, -0.25) is 4.79 Å². The van der Waals surface area contributed by atoms with E-state index in [9.17, 15) is 13.2 Å². The Morgan fingerprint density at radius 1 is 1.59 bits per heavy atom. The summed E-state index contributed by atoms with van der Waals surface area (Å²) in [5.41, 5.74) is 0.508. The van der Waals surface area contributed by atoms with Crippen LogP contribution in [-0.2, 0) is 21.1 Å². The van der Waals surface area contributed by atoms with E-state index in [2.05, 4.69) is 10.3 Å². The standard InChI is InChI=1S/C9H14N2O4S2/c1-17(14,15)4-2-3-10-9-11-7(6-16-9)5-8(12)13/h6H,2-5H2,1H3,(H,10,11)(H,12,13). The first-order chi connectivity index (χ1) is 7.87. The van der Waals surface area contributed by atoms with Crippen LogP contribution in [0.1, 0.15) is 12.1 Å². The van der Waals surface area contributed by atoms with Gasteiger partial charge in [0, 0.05) is 18.2 Å². The van der Waals surface area contributed by atoms with Crippen LogP contribution in [0.2, 0.25) is 0 Å². The van der Waals surface area contributed by atoms with Crippen molar-refractivity contribution >= 4 is 32.3 Å². The molecule has 0 unspecified atom stereocenters. The summed E-state index contributed by atoms with van der Waals surface area (Å²) in [6.45, 7) is 0.507. The van der Waals surface area contributed by atoms with Gasteiger partial charge in [0.2, 0.25) is 0 Å². The number of hydrogen-bond donors (Lipinski definition) is 2. The Bertz CT molecular complexity index is 481. The first-order valence-electron chi connectivity index (χ1n) is 4.94. The average Bonchev–Trinajstić information content (AvgIpc) is 2.58. The van der Waals surface area contributed by atoms with E-state index in [-0.39, 0.29) is 12.2 Å². The second kappa shape index (κ2) is 5.97. The molecule has 2 N–H and O–H groups in total. The molecule has 0 saturated carbocycles. The zero-order chi connectivity index (χ0) is 12.9. The van der Waals surface area contributed by atoms with Crippen LogP contribution < -0.4 is 5.32 Å². The number of thiazole rings is 1. The van der Waals surface area contributed by atoms with E-state index in [0.717, 1.165) is 0 Å². The predicted octanol–water partition coefficient (Wildman–Crippen LogP) is 0.617. The third kappa shape index (κ3) is 6.22. The highest BCUT2D eigenvalue weighted by Crippen LogP contribution is 2.15. The van der Waals surface area contributed by atoms with Crippen LogP contribution >= 0.6 is 11.3 Å². The molecule has 96 valence electrons. The molecule has 1 rings (SSSR count). The first-order valence-corrected chi connectivity index (χ1v) is 7.88. The van der Waals surface area contributed by atoms with E-state index in [1.807, 2.05) is 0 Å². The highest BCUT2D eigenvalue weighted by Gasteiger charge is 2.06. The fourth-order valence-corrected chi connectivity index (χ4v) is 2.56. The van der Waals surface area contributed by atoms with Gasteiger partial charge in [-0.15, -0.1) is 11.3 Å². The maximum Gasteiger partial charge on any atom is 0.309 e. The average molecular weight is 278 g/mol. The number of aromatic nitrogens is 1. The molecule has 6 nitrogen and oxygen atoms in total. The zero-order valence-electron chi connectivity index (χ0n) is 9.34. The minimum Gasteiger partial charge on any atom is -0.481 e. The van der Waals surface area contributed by atoms with E-state index in [1.54, 1.807) is 5.38 Å². The quantitative estimate of drug-likeness (QED) is 0.710. The molecular weight excluding hydrogens is 264 g/mol. The lowest BCUT2D eigenvalue weighted by Crippen LogP contribution is -2.09. The van der Waals surface area contributed by atoms with Gasteiger partial charge in [-0.25, -0.2) is 13.4 Å². The normalized spacial score (nSPS) is 11.4. The van der Waals surface area contributed by atoms with Crippen LogP contribution in [0.25, 0.3) is 0 Å². The minimum atomic E-state index is -2.92. The molecule has 0 atom stereocenters. The second-order valence-electron chi connectivity index (χ2n) is 3.62. The largest absolute Gasteiger partial charge is 0.481 e. The van der Waals surface area contributed by atoms with E-state index in [0.29, 0.717) is 23.8 Å². The van der Waals surface area contributed by atoms with Crippen molar-refractivity contribution in [2.45, 2.75) is 12.8 Å². The third-order valence-corrected chi connectivity index (χ3v) is 3.73. The topological polar surface area (TPSA) is 96.4 Å². The molecule has 0 aliphatic carbocycles. The van der Waals surface area contributed by atoms with Gasteiger partial charge in [-0.2, -0.15) is 0 Å². The van der Waals surface area contributed by atoms with E-state index >= 15 is 0 Å². The molecule has 0 aliphatic rings. The molecule has 0 aromatic carbocycles. The molecule has 0 spiro atoms. The van der Waals surface area contributed by atoms with Crippen molar-refractivity contribution in [1.29, 1.82) is 0 Å². The first kappa shape index (κ1) is 13.9. The Balaban J connectivity index is 2.32. The third-order valence-electron chi connectivity index (χ3n) is 1.85. The van der Waals surface area contributed by atoms with Gasteiger partial charge in [-0.05, 0) is 6.42 Å². The fourth-order valence-electron chi connectivity index (χ4n) is 1.15. The van der Waals surface area contributed by atoms with E-state index in [1.165, 1.54) is 17.6 Å². The fraction of sp³-hybridized carbons (Fsp3) is 0.556.